The van der Waals surface area contributed by atoms with Crippen LogP contribution < -0.4 is 11.1 Å². The topological polar surface area (TPSA) is 96.7 Å². The van der Waals surface area contributed by atoms with Crippen LogP contribution >= 0.6 is 11.3 Å². The fraction of sp³-hybridized carbons (Fsp3) is 0.364. The zero-order valence-electron chi connectivity index (χ0n) is 9.91. The van der Waals surface area contributed by atoms with E-state index in [1.807, 2.05) is 0 Å². The molecular weight excluding hydrogens is 250 g/mol. The van der Waals surface area contributed by atoms with Gasteiger partial charge in [-0.05, 0) is 26.2 Å². The Balaban J connectivity index is 1.80. The van der Waals surface area contributed by atoms with Gasteiger partial charge in [0, 0.05) is 4.88 Å². The third kappa shape index (κ3) is 1.76. The molecule has 0 saturated carbocycles. The summed E-state index contributed by atoms with van der Waals surface area (Å²) in [5, 5.41) is 9.96. The second-order valence-electron chi connectivity index (χ2n) is 4.31. The molecule has 2 aromatic heterocycles. The number of thiazole rings is 1. The van der Waals surface area contributed by atoms with Gasteiger partial charge in [-0.3, -0.25) is 15.2 Å². The number of anilines is 2. The van der Waals surface area contributed by atoms with Crippen molar-refractivity contribution in [2.45, 2.75) is 26.2 Å². The Labute approximate surface area is 108 Å². The lowest BCUT2D eigenvalue weighted by molar-refractivity contribution is 0.102. The zero-order chi connectivity index (χ0) is 12.7. The third-order valence-corrected chi connectivity index (χ3v) is 4.10. The highest BCUT2D eigenvalue weighted by Gasteiger charge is 2.20. The number of aryl methyl sites for hydroxylation is 3. The summed E-state index contributed by atoms with van der Waals surface area (Å²) in [7, 11) is 0. The molecule has 0 bridgehead atoms. The summed E-state index contributed by atoms with van der Waals surface area (Å²) in [6, 6.07) is 0. The predicted molar refractivity (Wildman–Crippen MR) is 69.8 cm³/mol. The molecule has 0 aromatic carbocycles. The van der Waals surface area contributed by atoms with Crippen molar-refractivity contribution in [3.05, 3.63) is 22.0 Å². The number of aromatic nitrogens is 3. The number of H-pyrrole nitrogens is 1. The average molecular weight is 263 g/mol. The molecule has 2 aromatic rings. The monoisotopic (exact) mass is 263 g/mol. The lowest BCUT2D eigenvalue weighted by atomic mass is 10.3. The largest absolute Gasteiger partial charge is 0.395 e. The first kappa shape index (κ1) is 11.2. The Morgan fingerprint density at radius 1 is 1.50 bits per heavy atom. The Kier molecular flexibility index (Phi) is 2.55. The minimum Gasteiger partial charge on any atom is -0.395 e. The number of carbonyl (C=O) groups excluding carboxylic acids is 1. The van der Waals surface area contributed by atoms with Gasteiger partial charge in [-0.25, -0.2) is 4.98 Å². The summed E-state index contributed by atoms with van der Waals surface area (Å²) in [6.45, 7) is 1.77. The molecule has 4 N–H and O–H groups in total. The SMILES string of the molecule is Cc1[nH]nc(C(=O)Nc2nc3c(s2)CCC3)c1N. The van der Waals surface area contributed by atoms with Crippen LogP contribution in [0, 0.1) is 6.92 Å². The van der Waals surface area contributed by atoms with Gasteiger partial charge >= 0.3 is 0 Å². The normalized spacial score (nSPS) is 13.6. The third-order valence-electron chi connectivity index (χ3n) is 3.03. The minimum absolute atomic E-state index is 0.225. The molecular formula is C11H13N5OS. The van der Waals surface area contributed by atoms with Crippen LogP contribution in [0.25, 0.3) is 0 Å². The van der Waals surface area contributed by atoms with Crippen molar-refractivity contribution in [3.63, 3.8) is 0 Å². The van der Waals surface area contributed by atoms with Crippen molar-refractivity contribution in [1.82, 2.24) is 15.2 Å². The molecule has 0 radical (unpaired) electrons. The summed E-state index contributed by atoms with van der Waals surface area (Å²) in [6.07, 6.45) is 3.23. The van der Waals surface area contributed by atoms with Gasteiger partial charge in [-0.15, -0.1) is 11.3 Å². The lowest BCUT2D eigenvalue weighted by Gasteiger charge is -1.99. The Morgan fingerprint density at radius 3 is 3.00 bits per heavy atom. The average Bonchev–Trinajstić information content (AvgIpc) is 2.96. The standard InChI is InChI=1S/C11H13N5OS/c1-5-8(12)9(16-15-5)10(17)14-11-13-6-3-2-4-7(6)18-11/h2-4,12H2,1H3,(H,15,16)(H,13,14,17). The maximum Gasteiger partial charge on any atom is 0.280 e. The van der Waals surface area contributed by atoms with Gasteiger partial charge in [0.15, 0.2) is 10.8 Å². The molecule has 0 unspecified atom stereocenters. The van der Waals surface area contributed by atoms with Crippen molar-refractivity contribution >= 4 is 28.1 Å². The van der Waals surface area contributed by atoms with E-state index in [2.05, 4.69) is 20.5 Å². The Hall–Kier alpha value is -1.89. The van der Waals surface area contributed by atoms with E-state index in [1.165, 1.54) is 16.2 Å². The molecule has 1 aliphatic carbocycles. The summed E-state index contributed by atoms with van der Waals surface area (Å²) in [5.74, 6) is -0.315. The molecule has 0 fully saturated rings. The second-order valence-corrected chi connectivity index (χ2v) is 5.39. The molecule has 3 rings (SSSR count). The van der Waals surface area contributed by atoms with Crippen LogP contribution in [0.15, 0.2) is 0 Å². The number of hydrogen-bond acceptors (Lipinski definition) is 5. The van der Waals surface area contributed by atoms with Crippen LogP contribution in [0.1, 0.15) is 33.2 Å². The number of rotatable bonds is 2. The molecule has 0 spiro atoms. The molecule has 0 saturated heterocycles. The first-order valence-corrected chi connectivity index (χ1v) is 6.57. The Morgan fingerprint density at radius 2 is 2.33 bits per heavy atom. The molecule has 7 heteroatoms. The number of aromatic amines is 1. The van der Waals surface area contributed by atoms with Crippen LogP contribution in [0.4, 0.5) is 10.8 Å². The van der Waals surface area contributed by atoms with Crippen molar-refractivity contribution < 1.29 is 4.79 Å². The number of nitrogens with one attached hydrogen (secondary N) is 2. The van der Waals surface area contributed by atoms with Crippen molar-refractivity contribution in [2.75, 3.05) is 11.1 Å². The van der Waals surface area contributed by atoms with E-state index in [0.29, 0.717) is 16.5 Å². The van der Waals surface area contributed by atoms with E-state index in [4.69, 9.17) is 5.73 Å². The van der Waals surface area contributed by atoms with E-state index in [9.17, 15) is 4.79 Å². The fourth-order valence-electron chi connectivity index (χ4n) is 2.01. The molecule has 94 valence electrons. The first-order chi connectivity index (χ1) is 8.65. The van der Waals surface area contributed by atoms with E-state index >= 15 is 0 Å². The Bertz CT molecular complexity index is 593. The van der Waals surface area contributed by atoms with Crippen LogP contribution in [0.2, 0.25) is 0 Å². The minimum atomic E-state index is -0.315. The van der Waals surface area contributed by atoms with Gasteiger partial charge in [-0.1, -0.05) is 0 Å². The number of nitrogens with zero attached hydrogens (tertiary/aromatic N) is 2. The van der Waals surface area contributed by atoms with Crippen molar-refractivity contribution in [1.29, 1.82) is 0 Å². The van der Waals surface area contributed by atoms with Crippen molar-refractivity contribution in [3.8, 4) is 0 Å². The number of nitrogens with two attached hydrogens (primary N) is 1. The van der Waals surface area contributed by atoms with Gasteiger partial charge in [-0.2, -0.15) is 5.10 Å². The summed E-state index contributed by atoms with van der Waals surface area (Å²) < 4.78 is 0. The molecule has 6 nitrogen and oxygen atoms in total. The van der Waals surface area contributed by atoms with E-state index in [1.54, 1.807) is 6.92 Å². The molecule has 18 heavy (non-hydrogen) atoms. The zero-order valence-corrected chi connectivity index (χ0v) is 10.7. The van der Waals surface area contributed by atoms with Gasteiger partial charge < -0.3 is 5.73 Å². The predicted octanol–water partition coefficient (Wildman–Crippen LogP) is 1.50. The lowest BCUT2D eigenvalue weighted by Crippen LogP contribution is -2.14. The smallest absolute Gasteiger partial charge is 0.280 e. The fourth-order valence-corrected chi connectivity index (χ4v) is 3.06. The van der Waals surface area contributed by atoms with Gasteiger partial charge in [0.05, 0.1) is 17.1 Å². The molecule has 1 aliphatic rings. The highest BCUT2D eigenvalue weighted by molar-refractivity contribution is 7.16. The molecule has 1 amide bonds. The van der Waals surface area contributed by atoms with E-state index in [-0.39, 0.29) is 11.6 Å². The van der Waals surface area contributed by atoms with E-state index < -0.39 is 0 Å². The highest BCUT2D eigenvalue weighted by Crippen LogP contribution is 2.30. The van der Waals surface area contributed by atoms with Crippen molar-refractivity contribution in [2.24, 2.45) is 0 Å². The quantitative estimate of drug-likeness (QED) is 0.764. The number of carbonyl (C=O) groups is 1. The number of hydrogen-bond donors (Lipinski definition) is 3. The van der Waals surface area contributed by atoms with Crippen LogP contribution in [0.5, 0.6) is 0 Å². The molecule has 0 atom stereocenters. The number of amides is 1. The van der Waals surface area contributed by atoms with Gasteiger partial charge in [0.25, 0.3) is 5.91 Å². The second kappa shape index (κ2) is 4.09. The highest BCUT2D eigenvalue weighted by atomic mass is 32.1. The molecule has 2 heterocycles. The number of fused-ring (bicyclic) bond motifs is 1. The van der Waals surface area contributed by atoms with E-state index in [0.717, 1.165) is 25.0 Å². The van der Waals surface area contributed by atoms with Gasteiger partial charge in [0.2, 0.25) is 0 Å². The summed E-state index contributed by atoms with van der Waals surface area (Å²) in [5.41, 5.74) is 8.18. The van der Waals surface area contributed by atoms with Crippen LogP contribution in [0.3, 0.4) is 0 Å². The number of nitrogen functional groups attached to an aromatic ring is 1. The van der Waals surface area contributed by atoms with Gasteiger partial charge in [0.1, 0.15) is 0 Å². The summed E-state index contributed by atoms with van der Waals surface area (Å²) >= 11 is 1.54. The van der Waals surface area contributed by atoms with Crippen LogP contribution in [-0.2, 0) is 12.8 Å². The maximum atomic E-state index is 12.0. The molecule has 0 aliphatic heterocycles. The summed E-state index contributed by atoms with van der Waals surface area (Å²) in [4.78, 5) is 17.6. The van der Waals surface area contributed by atoms with Crippen LogP contribution in [-0.4, -0.2) is 21.1 Å². The first-order valence-electron chi connectivity index (χ1n) is 5.75. The maximum absolute atomic E-state index is 12.0.